The Labute approximate surface area is 154 Å². The van der Waals surface area contributed by atoms with E-state index in [1.807, 2.05) is 44.2 Å². The number of amides is 1. The van der Waals surface area contributed by atoms with E-state index in [0.717, 1.165) is 5.56 Å². The minimum Gasteiger partial charge on any atom is -0.479 e. The second kappa shape index (κ2) is 7.27. The maximum Gasteiger partial charge on any atom is 0.408 e. The molecule has 1 aliphatic rings. The molecule has 1 fully saturated rings. The van der Waals surface area contributed by atoms with Crippen molar-refractivity contribution in [1.29, 1.82) is 0 Å². The van der Waals surface area contributed by atoms with Gasteiger partial charge >= 0.3 is 12.1 Å². The summed E-state index contributed by atoms with van der Waals surface area (Å²) in [6, 6.07) is 9.81. The van der Waals surface area contributed by atoms with Gasteiger partial charge in [0.15, 0.2) is 0 Å². The third kappa shape index (κ3) is 4.18. The number of alkyl carbamates (subject to hydrolysis) is 1. The molecule has 0 radical (unpaired) electrons. The van der Waals surface area contributed by atoms with Crippen LogP contribution in [-0.2, 0) is 20.9 Å². The smallest absolute Gasteiger partial charge is 0.408 e. The summed E-state index contributed by atoms with van der Waals surface area (Å²) in [6.07, 6.45) is -0.403. The minimum atomic E-state index is -1.35. The molecule has 0 saturated heterocycles. The Morgan fingerprint density at radius 3 is 2.35 bits per heavy atom. The highest BCUT2D eigenvalue weighted by Gasteiger charge is 2.65. The molecule has 2 atom stereocenters. The van der Waals surface area contributed by atoms with E-state index in [1.165, 1.54) is 0 Å². The number of hydrogen-bond acceptors (Lipinski definition) is 4. The first-order chi connectivity index (χ1) is 12.0. The Morgan fingerprint density at radius 2 is 1.85 bits per heavy atom. The van der Waals surface area contributed by atoms with Crippen LogP contribution in [-0.4, -0.2) is 34.9 Å². The largest absolute Gasteiger partial charge is 0.479 e. The monoisotopic (exact) mass is 363 g/mol. The van der Waals surface area contributed by atoms with Crippen molar-refractivity contribution in [2.45, 2.75) is 58.8 Å². The lowest BCUT2D eigenvalue weighted by Gasteiger charge is -2.58. The molecule has 26 heavy (non-hydrogen) atoms. The van der Waals surface area contributed by atoms with Crippen molar-refractivity contribution in [2.24, 2.45) is 11.3 Å². The molecule has 1 saturated carbocycles. The number of carbonyl (C=O) groups excluding carboxylic acids is 1. The van der Waals surface area contributed by atoms with E-state index in [0.29, 0.717) is 19.6 Å². The predicted octanol–water partition coefficient (Wildman–Crippen LogP) is 3.60. The lowest BCUT2D eigenvalue weighted by Crippen LogP contribution is -2.74. The van der Waals surface area contributed by atoms with Crippen molar-refractivity contribution in [3.8, 4) is 0 Å². The van der Waals surface area contributed by atoms with Gasteiger partial charge in [0.05, 0.1) is 13.2 Å². The van der Waals surface area contributed by atoms with E-state index < -0.39 is 28.6 Å². The van der Waals surface area contributed by atoms with Gasteiger partial charge in [0.2, 0.25) is 0 Å². The molecule has 2 N–H and O–H groups in total. The molecule has 144 valence electrons. The van der Waals surface area contributed by atoms with Gasteiger partial charge < -0.3 is 19.9 Å². The first-order valence-electron chi connectivity index (χ1n) is 8.84. The number of nitrogens with one attached hydrogen (secondary N) is 1. The van der Waals surface area contributed by atoms with Crippen LogP contribution in [0.5, 0.6) is 0 Å². The van der Waals surface area contributed by atoms with E-state index in [1.54, 1.807) is 20.8 Å². The Kier molecular flexibility index (Phi) is 5.66. The topological polar surface area (TPSA) is 84.9 Å². The molecular formula is C20H29NO5. The van der Waals surface area contributed by atoms with E-state index in [9.17, 15) is 14.7 Å². The maximum atomic E-state index is 12.1. The minimum absolute atomic E-state index is 0.0252. The van der Waals surface area contributed by atoms with E-state index >= 15 is 0 Å². The van der Waals surface area contributed by atoms with Crippen LogP contribution < -0.4 is 5.32 Å². The van der Waals surface area contributed by atoms with Gasteiger partial charge in [-0.25, -0.2) is 9.59 Å². The van der Waals surface area contributed by atoms with Crippen LogP contribution in [0, 0.1) is 11.3 Å². The number of benzene rings is 1. The SMILES string of the molecule is CC(C)(C)OC(=O)NC1(C(=O)O)CC(COCc2ccccc2)C1(C)C. The third-order valence-electron chi connectivity index (χ3n) is 5.18. The number of aliphatic carboxylic acids is 1. The fraction of sp³-hybridized carbons (Fsp3) is 0.600. The van der Waals surface area contributed by atoms with Crippen molar-refractivity contribution in [2.75, 3.05) is 6.61 Å². The van der Waals surface area contributed by atoms with Gasteiger partial charge in [-0.3, -0.25) is 0 Å². The van der Waals surface area contributed by atoms with Crippen molar-refractivity contribution >= 4 is 12.1 Å². The zero-order valence-electron chi connectivity index (χ0n) is 16.2. The highest BCUT2D eigenvalue weighted by Crippen LogP contribution is 2.54. The lowest BCUT2D eigenvalue weighted by atomic mass is 9.49. The van der Waals surface area contributed by atoms with E-state index in [-0.39, 0.29) is 5.92 Å². The van der Waals surface area contributed by atoms with Crippen LogP contribution in [0.2, 0.25) is 0 Å². The normalized spacial score (nSPS) is 24.4. The average Bonchev–Trinajstić information content (AvgIpc) is 2.51. The lowest BCUT2D eigenvalue weighted by molar-refractivity contribution is -0.174. The Hall–Kier alpha value is -2.08. The molecule has 0 aliphatic heterocycles. The van der Waals surface area contributed by atoms with Gasteiger partial charge in [-0.2, -0.15) is 0 Å². The summed E-state index contributed by atoms with van der Waals surface area (Å²) in [5.74, 6) is -1.02. The molecule has 0 aromatic heterocycles. The van der Waals surface area contributed by atoms with E-state index in [2.05, 4.69) is 5.32 Å². The Balaban J connectivity index is 1.98. The van der Waals surface area contributed by atoms with Crippen LogP contribution >= 0.6 is 0 Å². The fourth-order valence-corrected chi connectivity index (χ4v) is 3.37. The number of carboxylic acids is 1. The predicted molar refractivity (Wildman–Crippen MR) is 97.7 cm³/mol. The molecule has 2 rings (SSSR count). The molecule has 2 unspecified atom stereocenters. The Morgan fingerprint density at radius 1 is 1.23 bits per heavy atom. The molecule has 1 amide bonds. The van der Waals surface area contributed by atoms with Gasteiger partial charge in [0.25, 0.3) is 0 Å². The van der Waals surface area contributed by atoms with Gasteiger partial charge in [-0.05, 0) is 38.7 Å². The molecule has 0 heterocycles. The van der Waals surface area contributed by atoms with Gasteiger partial charge in [-0.15, -0.1) is 0 Å². The van der Waals surface area contributed by atoms with Crippen LogP contribution in [0.4, 0.5) is 4.79 Å². The standard InChI is InChI=1S/C20H29NO5/c1-18(2,3)26-17(24)21-20(16(22)23)11-15(19(20,4)5)13-25-12-14-9-7-6-8-10-14/h6-10,15H,11-13H2,1-5H3,(H,21,24)(H,22,23). The Bertz CT molecular complexity index is 650. The summed E-state index contributed by atoms with van der Waals surface area (Å²) >= 11 is 0. The first-order valence-corrected chi connectivity index (χ1v) is 8.84. The zero-order chi connectivity index (χ0) is 19.6. The van der Waals surface area contributed by atoms with Crippen molar-refractivity contribution in [3.05, 3.63) is 35.9 Å². The van der Waals surface area contributed by atoms with Crippen molar-refractivity contribution in [3.63, 3.8) is 0 Å². The quantitative estimate of drug-likeness (QED) is 0.807. The number of hydrogen-bond donors (Lipinski definition) is 2. The van der Waals surface area contributed by atoms with Gasteiger partial charge in [0, 0.05) is 5.41 Å². The van der Waals surface area contributed by atoms with Crippen LogP contribution in [0.1, 0.15) is 46.6 Å². The van der Waals surface area contributed by atoms with Crippen LogP contribution in [0.25, 0.3) is 0 Å². The first kappa shape index (κ1) is 20.2. The molecule has 1 aromatic carbocycles. The summed E-state index contributed by atoms with van der Waals surface area (Å²) in [7, 11) is 0. The molecule has 6 nitrogen and oxygen atoms in total. The highest BCUT2D eigenvalue weighted by molar-refractivity contribution is 5.87. The van der Waals surface area contributed by atoms with Crippen molar-refractivity contribution in [1.82, 2.24) is 5.32 Å². The number of carbonyl (C=O) groups is 2. The summed E-state index contributed by atoms with van der Waals surface area (Å²) < 4.78 is 11.0. The van der Waals surface area contributed by atoms with Crippen LogP contribution in [0.3, 0.4) is 0 Å². The second-order valence-electron chi connectivity index (χ2n) is 8.46. The summed E-state index contributed by atoms with van der Waals surface area (Å²) in [4.78, 5) is 24.1. The molecular weight excluding hydrogens is 334 g/mol. The molecule has 1 aromatic rings. The summed E-state index contributed by atoms with van der Waals surface area (Å²) in [5, 5.41) is 12.4. The third-order valence-corrected chi connectivity index (χ3v) is 5.18. The van der Waals surface area contributed by atoms with Crippen molar-refractivity contribution < 1.29 is 24.2 Å². The molecule has 6 heteroatoms. The highest BCUT2D eigenvalue weighted by atomic mass is 16.6. The van der Waals surface area contributed by atoms with E-state index in [4.69, 9.17) is 9.47 Å². The number of rotatable bonds is 6. The molecule has 0 spiro atoms. The number of carboxylic acid groups (broad SMARTS) is 1. The summed E-state index contributed by atoms with van der Waals surface area (Å²) in [6.45, 7) is 9.83. The molecule has 1 aliphatic carbocycles. The van der Waals surface area contributed by atoms with Gasteiger partial charge in [0.1, 0.15) is 11.1 Å². The van der Waals surface area contributed by atoms with Gasteiger partial charge in [-0.1, -0.05) is 44.2 Å². The zero-order valence-corrected chi connectivity index (χ0v) is 16.2. The average molecular weight is 363 g/mol. The summed E-state index contributed by atoms with van der Waals surface area (Å²) in [5.41, 5.74) is -1.63. The maximum absolute atomic E-state index is 12.1. The fourth-order valence-electron chi connectivity index (χ4n) is 3.37. The molecule has 0 bridgehead atoms. The van der Waals surface area contributed by atoms with Crippen LogP contribution in [0.15, 0.2) is 30.3 Å². The second-order valence-corrected chi connectivity index (χ2v) is 8.46. The number of ether oxygens (including phenoxy) is 2.